The summed E-state index contributed by atoms with van der Waals surface area (Å²) in [5.74, 6) is 0.623. The third-order valence-electron chi connectivity index (χ3n) is 3.18. The van der Waals surface area contributed by atoms with E-state index in [1.165, 1.54) is 32.4 Å². The van der Waals surface area contributed by atoms with Crippen molar-refractivity contribution in [2.24, 2.45) is 11.7 Å². The predicted octanol–water partition coefficient (Wildman–Crippen LogP) is 2.23. The van der Waals surface area contributed by atoms with Crippen molar-refractivity contribution in [2.45, 2.75) is 58.5 Å². The van der Waals surface area contributed by atoms with Gasteiger partial charge in [-0.2, -0.15) is 0 Å². The summed E-state index contributed by atoms with van der Waals surface area (Å²) in [5.41, 5.74) is 6.05. The molecule has 1 atom stereocenters. The Hall–Kier alpha value is -0.0800. The molecular formula is C12H26N2. The second-order valence-electron chi connectivity index (χ2n) is 4.96. The van der Waals surface area contributed by atoms with E-state index in [0.29, 0.717) is 12.0 Å². The van der Waals surface area contributed by atoms with Crippen LogP contribution >= 0.6 is 0 Å². The van der Waals surface area contributed by atoms with Crippen molar-refractivity contribution in [3.05, 3.63) is 0 Å². The van der Waals surface area contributed by atoms with Gasteiger partial charge in [-0.15, -0.1) is 0 Å². The van der Waals surface area contributed by atoms with E-state index >= 15 is 0 Å². The maximum absolute atomic E-state index is 6.05. The van der Waals surface area contributed by atoms with Crippen LogP contribution in [0.5, 0.6) is 0 Å². The normalized spacial score (nSPS) is 19.3. The van der Waals surface area contributed by atoms with Crippen molar-refractivity contribution < 1.29 is 0 Å². The molecule has 1 fully saturated rings. The molecule has 1 rings (SSSR count). The van der Waals surface area contributed by atoms with Crippen LogP contribution in [0.3, 0.4) is 0 Å². The van der Waals surface area contributed by atoms with Gasteiger partial charge in [0.1, 0.15) is 0 Å². The van der Waals surface area contributed by atoms with Gasteiger partial charge in [0.05, 0.1) is 0 Å². The van der Waals surface area contributed by atoms with Crippen molar-refractivity contribution in [3.8, 4) is 0 Å². The second kappa shape index (κ2) is 5.72. The third kappa shape index (κ3) is 3.97. The minimum absolute atomic E-state index is 0.383. The SMILES string of the molecule is CCCN(CCC(N)C(C)C)C1CC1. The van der Waals surface area contributed by atoms with E-state index in [9.17, 15) is 0 Å². The average Bonchev–Trinajstić information content (AvgIpc) is 2.94. The van der Waals surface area contributed by atoms with Crippen LogP contribution in [0, 0.1) is 5.92 Å². The first-order chi connectivity index (χ1) is 6.65. The lowest BCUT2D eigenvalue weighted by Gasteiger charge is -2.24. The minimum Gasteiger partial charge on any atom is -0.327 e. The number of hydrogen-bond acceptors (Lipinski definition) is 2. The third-order valence-corrected chi connectivity index (χ3v) is 3.18. The van der Waals surface area contributed by atoms with Gasteiger partial charge in [0, 0.05) is 12.1 Å². The molecule has 1 saturated carbocycles. The molecule has 0 spiro atoms. The number of nitrogens with two attached hydrogens (primary N) is 1. The van der Waals surface area contributed by atoms with Crippen molar-refractivity contribution in [1.29, 1.82) is 0 Å². The van der Waals surface area contributed by atoms with Gasteiger partial charge in [0.2, 0.25) is 0 Å². The summed E-state index contributed by atoms with van der Waals surface area (Å²) < 4.78 is 0. The zero-order chi connectivity index (χ0) is 10.6. The summed E-state index contributed by atoms with van der Waals surface area (Å²) in [6, 6.07) is 1.28. The van der Waals surface area contributed by atoms with Crippen molar-refractivity contribution >= 4 is 0 Å². The molecule has 0 amide bonds. The fraction of sp³-hybridized carbons (Fsp3) is 1.00. The first kappa shape index (κ1) is 12.0. The van der Waals surface area contributed by atoms with Gasteiger partial charge in [0.25, 0.3) is 0 Å². The molecule has 2 nitrogen and oxygen atoms in total. The number of nitrogens with zero attached hydrogens (tertiary/aromatic N) is 1. The average molecular weight is 198 g/mol. The Kier molecular flexibility index (Phi) is 4.90. The molecule has 1 aliphatic carbocycles. The lowest BCUT2D eigenvalue weighted by molar-refractivity contribution is 0.245. The number of rotatable bonds is 7. The van der Waals surface area contributed by atoms with Crippen LogP contribution in [0.4, 0.5) is 0 Å². The highest BCUT2D eigenvalue weighted by atomic mass is 15.2. The van der Waals surface area contributed by atoms with Crippen molar-refractivity contribution in [2.75, 3.05) is 13.1 Å². The van der Waals surface area contributed by atoms with Crippen LogP contribution in [-0.4, -0.2) is 30.1 Å². The van der Waals surface area contributed by atoms with E-state index < -0.39 is 0 Å². The molecule has 0 aromatic heterocycles. The van der Waals surface area contributed by atoms with Gasteiger partial charge >= 0.3 is 0 Å². The highest BCUT2D eigenvalue weighted by molar-refractivity contribution is 4.85. The molecule has 0 saturated heterocycles. The summed E-state index contributed by atoms with van der Waals surface area (Å²) in [6.45, 7) is 9.16. The van der Waals surface area contributed by atoms with Crippen molar-refractivity contribution in [3.63, 3.8) is 0 Å². The molecule has 0 bridgehead atoms. The van der Waals surface area contributed by atoms with E-state index in [-0.39, 0.29) is 0 Å². The second-order valence-corrected chi connectivity index (χ2v) is 4.96. The number of hydrogen-bond donors (Lipinski definition) is 1. The zero-order valence-electron chi connectivity index (χ0n) is 10.00. The maximum Gasteiger partial charge on any atom is 0.00964 e. The Morgan fingerprint density at radius 1 is 1.29 bits per heavy atom. The molecule has 2 heteroatoms. The van der Waals surface area contributed by atoms with Gasteiger partial charge in [-0.05, 0) is 44.7 Å². The van der Waals surface area contributed by atoms with Gasteiger partial charge in [-0.25, -0.2) is 0 Å². The Morgan fingerprint density at radius 3 is 2.36 bits per heavy atom. The standard InChI is InChI=1S/C12H26N2/c1-4-8-14(11-5-6-11)9-7-12(13)10(2)3/h10-12H,4-9,13H2,1-3H3. The van der Waals surface area contributed by atoms with Crippen molar-refractivity contribution in [1.82, 2.24) is 4.90 Å². The maximum atomic E-state index is 6.05. The van der Waals surface area contributed by atoms with Crippen LogP contribution in [0.25, 0.3) is 0 Å². The Bertz CT molecular complexity index is 152. The highest BCUT2D eigenvalue weighted by Gasteiger charge is 2.28. The Morgan fingerprint density at radius 2 is 1.93 bits per heavy atom. The molecule has 0 aromatic rings. The van der Waals surface area contributed by atoms with Gasteiger partial charge in [-0.3, -0.25) is 0 Å². The lowest BCUT2D eigenvalue weighted by Crippen LogP contribution is -2.35. The van der Waals surface area contributed by atoms with E-state index in [2.05, 4.69) is 25.7 Å². The van der Waals surface area contributed by atoms with E-state index in [1.54, 1.807) is 0 Å². The fourth-order valence-corrected chi connectivity index (χ4v) is 1.85. The molecule has 0 aliphatic heterocycles. The molecule has 0 radical (unpaired) electrons. The first-order valence-electron chi connectivity index (χ1n) is 6.14. The molecule has 0 aromatic carbocycles. The minimum atomic E-state index is 0.383. The van der Waals surface area contributed by atoms with Crippen LogP contribution < -0.4 is 5.73 Å². The summed E-state index contributed by atoms with van der Waals surface area (Å²) in [5, 5.41) is 0. The molecule has 0 heterocycles. The summed E-state index contributed by atoms with van der Waals surface area (Å²) in [7, 11) is 0. The molecule has 1 unspecified atom stereocenters. The molecule has 84 valence electrons. The van der Waals surface area contributed by atoms with E-state index in [1.807, 2.05) is 0 Å². The monoisotopic (exact) mass is 198 g/mol. The Labute approximate surface area is 88.8 Å². The molecule has 2 N–H and O–H groups in total. The predicted molar refractivity (Wildman–Crippen MR) is 62.3 cm³/mol. The van der Waals surface area contributed by atoms with E-state index in [4.69, 9.17) is 5.73 Å². The first-order valence-corrected chi connectivity index (χ1v) is 6.14. The molecule has 14 heavy (non-hydrogen) atoms. The molecular weight excluding hydrogens is 172 g/mol. The van der Waals surface area contributed by atoms with Gasteiger partial charge in [0.15, 0.2) is 0 Å². The van der Waals surface area contributed by atoms with Crippen LogP contribution in [0.2, 0.25) is 0 Å². The summed E-state index contributed by atoms with van der Waals surface area (Å²) >= 11 is 0. The zero-order valence-corrected chi connectivity index (χ0v) is 10.00. The molecule has 1 aliphatic rings. The quantitative estimate of drug-likeness (QED) is 0.680. The topological polar surface area (TPSA) is 29.3 Å². The van der Waals surface area contributed by atoms with Crippen LogP contribution in [-0.2, 0) is 0 Å². The highest BCUT2D eigenvalue weighted by Crippen LogP contribution is 2.27. The van der Waals surface area contributed by atoms with Gasteiger partial charge in [-0.1, -0.05) is 20.8 Å². The lowest BCUT2D eigenvalue weighted by atomic mass is 10.0. The Balaban J connectivity index is 2.18. The summed E-state index contributed by atoms with van der Waals surface area (Å²) in [6.07, 6.45) is 5.26. The summed E-state index contributed by atoms with van der Waals surface area (Å²) in [4.78, 5) is 2.63. The largest absolute Gasteiger partial charge is 0.327 e. The fourth-order valence-electron chi connectivity index (χ4n) is 1.85. The van der Waals surface area contributed by atoms with E-state index in [0.717, 1.165) is 12.5 Å². The van der Waals surface area contributed by atoms with Crippen LogP contribution in [0.1, 0.15) is 46.5 Å². The van der Waals surface area contributed by atoms with Crippen LogP contribution in [0.15, 0.2) is 0 Å². The van der Waals surface area contributed by atoms with Gasteiger partial charge < -0.3 is 10.6 Å². The smallest absolute Gasteiger partial charge is 0.00964 e.